The highest BCUT2D eigenvalue weighted by atomic mass is 79.9. The van der Waals surface area contributed by atoms with Crippen LogP contribution >= 0.6 is 15.9 Å². The van der Waals surface area contributed by atoms with Gasteiger partial charge in [-0.1, -0.05) is 15.9 Å². The maximum Gasteiger partial charge on any atom is 0.401 e. The minimum absolute atomic E-state index is 0.0437. The Bertz CT molecular complexity index is 406. The molecule has 0 atom stereocenters. The molecule has 1 rings (SSSR count). The van der Waals surface area contributed by atoms with Crippen LogP contribution in [-0.4, -0.2) is 29.8 Å². The molecule has 0 saturated carbocycles. The van der Waals surface area contributed by atoms with Gasteiger partial charge < -0.3 is 5.11 Å². The lowest BCUT2D eigenvalue weighted by molar-refractivity contribution is -0.144. The van der Waals surface area contributed by atoms with E-state index in [1.807, 2.05) is 0 Å². The van der Waals surface area contributed by atoms with Gasteiger partial charge in [0.15, 0.2) is 0 Å². The highest BCUT2D eigenvalue weighted by molar-refractivity contribution is 9.10. The lowest BCUT2D eigenvalue weighted by Crippen LogP contribution is -2.30. The molecule has 0 aliphatic rings. The number of benzene rings is 1. The fraction of sp³-hybridized carbons (Fsp3) is 0.455. The van der Waals surface area contributed by atoms with Gasteiger partial charge in [-0.15, -0.1) is 0 Å². The van der Waals surface area contributed by atoms with Crippen molar-refractivity contribution in [1.82, 2.24) is 4.90 Å². The number of phenolic OH excluding ortho intramolecular Hbond substituents is 1. The molecule has 17 heavy (non-hydrogen) atoms. The summed E-state index contributed by atoms with van der Waals surface area (Å²) in [6, 6.07) is 3.33. The summed E-state index contributed by atoms with van der Waals surface area (Å²) in [4.78, 5) is 1.11. The number of phenols is 1. The van der Waals surface area contributed by atoms with Gasteiger partial charge in [-0.3, -0.25) is 4.90 Å². The minimum Gasteiger partial charge on any atom is -0.507 e. The van der Waals surface area contributed by atoms with Crippen LogP contribution in [0.1, 0.15) is 11.1 Å². The van der Waals surface area contributed by atoms with Gasteiger partial charge >= 0.3 is 6.18 Å². The summed E-state index contributed by atoms with van der Waals surface area (Å²) in [6.07, 6.45) is -4.23. The van der Waals surface area contributed by atoms with Crippen LogP contribution in [0.25, 0.3) is 0 Å². The zero-order chi connectivity index (χ0) is 13.2. The number of hydrogen-bond donors (Lipinski definition) is 1. The van der Waals surface area contributed by atoms with Gasteiger partial charge in [0.2, 0.25) is 0 Å². The van der Waals surface area contributed by atoms with E-state index in [2.05, 4.69) is 15.9 Å². The molecule has 0 radical (unpaired) electrons. The van der Waals surface area contributed by atoms with Crippen molar-refractivity contribution < 1.29 is 18.3 Å². The molecule has 1 N–H and O–H groups in total. The van der Waals surface area contributed by atoms with E-state index in [9.17, 15) is 18.3 Å². The van der Waals surface area contributed by atoms with Crippen molar-refractivity contribution in [2.75, 3.05) is 13.6 Å². The van der Waals surface area contributed by atoms with Crippen molar-refractivity contribution in [1.29, 1.82) is 0 Å². The Morgan fingerprint density at radius 1 is 1.35 bits per heavy atom. The number of alkyl halides is 3. The maximum absolute atomic E-state index is 12.2. The first-order valence-electron chi connectivity index (χ1n) is 4.92. The van der Waals surface area contributed by atoms with Crippen molar-refractivity contribution >= 4 is 15.9 Å². The zero-order valence-corrected chi connectivity index (χ0v) is 11.1. The SMILES string of the molecule is Cc1cc(Br)cc(CN(C)CC(F)(F)F)c1O. The Balaban J connectivity index is 2.81. The molecule has 0 fully saturated rings. The molecule has 0 amide bonds. The third kappa shape index (κ3) is 4.55. The summed E-state index contributed by atoms with van der Waals surface area (Å²) in [5.74, 6) is 0.0437. The summed E-state index contributed by atoms with van der Waals surface area (Å²) < 4.78 is 37.2. The van der Waals surface area contributed by atoms with Crippen LogP contribution in [0.4, 0.5) is 13.2 Å². The summed E-state index contributed by atoms with van der Waals surface area (Å²) in [6.45, 7) is 0.747. The van der Waals surface area contributed by atoms with Crippen LogP contribution in [0.2, 0.25) is 0 Å². The van der Waals surface area contributed by atoms with Gasteiger partial charge in [0, 0.05) is 16.6 Å². The Kier molecular flexibility index (Phi) is 4.43. The predicted molar refractivity (Wildman–Crippen MR) is 62.9 cm³/mol. The van der Waals surface area contributed by atoms with Gasteiger partial charge in [0.25, 0.3) is 0 Å². The zero-order valence-electron chi connectivity index (χ0n) is 9.48. The molecular formula is C11H13BrF3NO. The molecule has 96 valence electrons. The number of rotatable bonds is 3. The number of aryl methyl sites for hydroxylation is 1. The molecule has 0 aliphatic carbocycles. The second kappa shape index (κ2) is 5.27. The number of halogens is 4. The number of nitrogens with zero attached hydrogens (tertiary/aromatic N) is 1. The van der Waals surface area contributed by atoms with Crippen molar-refractivity contribution in [2.24, 2.45) is 0 Å². The first-order chi connectivity index (χ1) is 7.69. The molecule has 0 saturated heterocycles. The summed E-state index contributed by atoms with van der Waals surface area (Å²) in [5.41, 5.74) is 1.11. The lowest BCUT2D eigenvalue weighted by Gasteiger charge is -2.19. The topological polar surface area (TPSA) is 23.5 Å². The summed E-state index contributed by atoms with van der Waals surface area (Å²) in [5, 5.41) is 9.74. The van der Waals surface area contributed by atoms with E-state index in [1.54, 1.807) is 19.1 Å². The summed E-state index contributed by atoms with van der Waals surface area (Å²) in [7, 11) is 1.36. The molecule has 2 nitrogen and oxygen atoms in total. The Morgan fingerprint density at radius 2 is 1.94 bits per heavy atom. The van der Waals surface area contributed by atoms with E-state index in [0.717, 1.165) is 9.37 Å². The fourth-order valence-electron chi connectivity index (χ4n) is 1.58. The first kappa shape index (κ1) is 14.3. The van der Waals surface area contributed by atoms with Gasteiger partial charge in [-0.05, 0) is 31.7 Å². The van der Waals surface area contributed by atoms with Crippen LogP contribution in [-0.2, 0) is 6.54 Å². The van der Waals surface area contributed by atoms with Crippen LogP contribution in [0.3, 0.4) is 0 Å². The minimum atomic E-state index is -4.23. The molecule has 0 spiro atoms. The van der Waals surface area contributed by atoms with E-state index in [0.29, 0.717) is 11.1 Å². The van der Waals surface area contributed by atoms with Crippen molar-refractivity contribution in [3.8, 4) is 5.75 Å². The van der Waals surface area contributed by atoms with Crippen molar-refractivity contribution in [3.05, 3.63) is 27.7 Å². The van der Waals surface area contributed by atoms with E-state index in [-0.39, 0.29) is 12.3 Å². The Morgan fingerprint density at radius 3 is 2.47 bits per heavy atom. The summed E-state index contributed by atoms with van der Waals surface area (Å²) >= 11 is 3.25. The smallest absolute Gasteiger partial charge is 0.401 e. The normalized spacial score (nSPS) is 12.2. The van der Waals surface area contributed by atoms with Gasteiger partial charge in [0.1, 0.15) is 5.75 Å². The van der Waals surface area contributed by atoms with Gasteiger partial charge in [-0.2, -0.15) is 13.2 Å². The van der Waals surface area contributed by atoms with Crippen LogP contribution in [0, 0.1) is 6.92 Å². The first-order valence-corrected chi connectivity index (χ1v) is 5.71. The Labute approximate surface area is 106 Å². The average Bonchev–Trinajstić information content (AvgIpc) is 2.10. The van der Waals surface area contributed by atoms with E-state index < -0.39 is 12.7 Å². The number of hydrogen-bond acceptors (Lipinski definition) is 2. The fourth-order valence-corrected chi connectivity index (χ4v) is 2.20. The average molecular weight is 312 g/mol. The maximum atomic E-state index is 12.2. The van der Waals surface area contributed by atoms with Crippen molar-refractivity contribution in [3.63, 3.8) is 0 Å². The van der Waals surface area contributed by atoms with Crippen molar-refractivity contribution in [2.45, 2.75) is 19.6 Å². The largest absolute Gasteiger partial charge is 0.507 e. The molecule has 0 aliphatic heterocycles. The van der Waals surface area contributed by atoms with Gasteiger partial charge in [-0.25, -0.2) is 0 Å². The second-order valence-corrected chi connectivity index (χ2v) is 4.93. The molecule has 0 bridgehead atoms. The molecule has 0 heterocycles. The van der Waals surface area contributed by atoms with Crippen LogP contribution < -0.4 is 0 Å². The third-order valence-electron chi connectivity index (χ3n) is 2.23. The van der Waals surface area contributed by atoms with Crippen LogP contribution in [0.15, 0.2) is 16.6 Å². The highest BCUT2D eigenvalue weighted by Gasteiger charge is 2.29. The van der Waals surface area contributed by atoms with Crippen LogP contribution in [0.5, 0.6) is 5.75 Å². The molecule has 0 unspecified atom stereocenters. The third-order valence-corrected chi connectivity index (χ3v) is 2.69. The predicted octanol–water partition coefficient (Wildman–Crippen LogP) is 3.46. The molecule has 6 heteroatoms. The number of aromatic hydroxyl groups is 1. The molecule has 1 aromatic carbocycles. The highest BCUT2D eigenvalue weighted by Crippen LogP contribution is 2.28. The van der Waals surface area contributed by atoms with E-state index >= 15 is 0 Å². The van der Waals surface area contributed by atoms with E-state index in [4.69, 9.17) is 0 Å². The van der Waals surface area contributed by atoms with Gasteiger partial charge in [0.05, 0.1) is 6.54 Å². The van der Waals surface area contributed by atoms with E-state index in [1.165, 1.54) is 7.05 Å². The second-order valence-electron chi connectivity index (χ2n) is 4.02. The molecule has 1 aromatic rings. The Hall–Kier alpha value is -0.750. The lowest BCUT2D eigenvalue weighted by atomic mass is 10.1. The molecular weight excluding hydrogens is 299 g/mol. The molecule has 0 aromatic heterocycles. The standard InChI is InChI=1S/C11H13BrF3NO/c1-7-3-9(12)4-8(10(7)17)5-16(2)6-11(13,14)15/h3-4,17H,5-6H2,1-2H3. The monoisotopic (exact) mass is 311 g/mol. The quantitative estimate of drug-likeness (QED) is 0.924.